The molecule has 3 fully saturated rings. The molecular weight excluding hydrogens is 328 g/mol. The van der Waals surface area contributed by atoms with Crippen molar-refractivity contribution in [2.75, 3.05) is 11.9 Å². The lowest BCUT2D eigenvalue weighted by Gasteiger charge is -2.53. The van der Waals surface area contributed by atoms with Crippen LogP contribution in [0.5, 0.6) is 0 Å². The van der Waals surface area contributed by atoms with Crippen LogP contribution < -0.4 is 5.32 Å². The predicted molar refractivity (Wildman–Crippen MR) is 83.2 cm³/mol. The topological polar surface area (TPSA) is 121 Å². The smallest absolute Gasteiger partial charge is 0.322 e. The second kappa shape index (κ2) is 4.98. The number of carbonyl (C=O) groups excluding carboxylic acids is 4. The SMILES string of the molecule is O=C(O)CNc1cccc2c1C(=O)N(C13CC(C1)C(=O)CC3=O)C2=O. The summed E-state index contributed by atoms with van der Waals surface area (Å²) in [5.74, 6) is -3.09. The number of anilines is 1. The number of carboxylic acid groups (broad SMARTS) is 1. The van der Waals surface area contributed by atoms with Gasteiger partial charge in [-0.1, -0.05) is 6.07 Å². The molecule has 8 heteroatoms. The van der Waals surface area contributed by atoms with Gasteiger partial charge in [0.2, 0.25) is 0 Å². The fourth-order valence-electron chi connectivity index (χ4n) is 3.98. The van der Waals surface area contributed by atoms with Crippen LogP contribution in [0, 0.1) is 5.92 Å². The highest BCUT2D eigenvalue weighted by Gasteiger charge is 2.64. The summed E-state index contributed by atoms with van der Waals surface area (Å²) in [7, 11) is 0. The lowest BCUT2D eigenvalue weighted by molar-refractivity contribution is -0.153. The van der Waals surface area contributed by atoms with E-state index in [-0.39, 0.29) is 47.8 Å². The fourth-order valence-corrected chi connectivity index (χ4v) is 3.98. The summed E-state index contributed by atoms with van der Waals surface area (Å²) in [6, 6.07) is 4.54. The maximum atomic E-state index is 12.9. The third-order valence-corrected chi connectivity index (χ3v) is 5.25. The van der Waals surface area contributed by atoms with Gasteiger partial charge in [-0.05, 0) is 25.0 Å². The Balaban J connectivity index is 1.72. The molecule has 0 saturated heterocycles. The first-order valence-electron chi connectivity index (χ1n) is 7.89. The standard InChI is InChI=1S/C17H14N2O6/c20-11-4-12(21)17(5-8(11)6-17)19-15(24)9-2-1-3-10(14(9)16(19)25)18-7-13(22)23/h1-3,8,18H,4-7H2,(H,22,23). The van der Waals surface area contributed by atoms with Gasteiger partial charge >= 0.3 is 5.97 Å². The van der Waals surface area contributed by atoms with E-state index in [0.717, 1.165) is 4.90 Å². The van der Waals surface area contributed by atoms with Gasteiger partial charge in [-0.25, -0.2) is 0 Å². The van der Waals surface area contributed by atoms with E-state index in [1.807, 2.05) is 0 Å². The number of aliphatic carboxylic acids is 1. The molecule has 8 nitrogen and oxygen atoms in total. The minimum atomic E-state index is -1.23. The fraction of sp³-hybridized carbons (Fsp3) is 0.353. The Bertz CT molecular complexity index is 868. The Morgan fingerprint density at radius 3 is 2.56 bits per heavy atom. The lowest BCUT2D eigenvalue weighted by Crippen LogP contribution is -2.68. The van der Waals surface area contributed by atoms with Crippen LogP contribution >= 0.6 is 0 Å². The first-order valence-corrected chi connectivity index (χ1v) is 7.89. The molecule has 1 aromatic rings. The maximum absolute atomic E-state index is 12.9. The van der Waals surface area contributed by atoms with Crippen molar-refractivity contribution in [2.24, 2.45) is 5.92 Å². The van der Waals surface area contributed by atoms with Gasteiger partial charge in [-0.3, -0.25) is 28.9 Å². The molecule has 1 heterocycles. The Kier molecular flexibility index (Phi) is 3.09. The number of hydrogen-bond donors (Lipinski definition) is 2. The van der Waals surface area contributed by atoms with Gasteiger partial charge in [-0.15, -0.1) is 0 Å². The summed E-state index contributed by atoms with van der Waals surface area (Å²) in [6.07, 6.45) is 0.129. The van der Waals surface area contributed by atoms with E-state index in [9.17, 15) is 24.0 Å². The van der Waals surface area contributed by atoms with Crippen LogP contribution in [0.2, 0.25) is 0 Å². The van der Waals surface area contributed by atoms with Gasteiger partial charge in [0.05, 0.1) is 17.5 Å². The quantitative estimate of drug-likeness (QED) is 0.602. The van der Waals surface area contributed by atoms with E-state index in [1.54, 1.807) is 6.07 Å². The number of Topliss-reactive ketones (excluding diaryl/α,β-unsaturated/α-hetero) is 2. The van der Waals surface area contributed by atoms with Crippen molar-refractivity contribution in [2.45, 2.75) is 24.8 Å². The van der Waals surface area contributed by atoms with E-state index in [4.69, 9.17) is 5.11 Å². The molecule has 128 valence electrons. The maximum Gasteiger partial charge on any atom is 0.322 e. The molecule has 2 N–H and O–H groups in total. The van der Waals surface area contributed by atoms with E-state index < -0.39 is 35.7 Å². The number of hydrogen-bond acceptors (Lipinski definition) is 6. The van der Waals surface area contributed by atoms with Crippen molar-refractivity contribution in [3.63, 3.8) is 0 Å². The average molecular weight is 342 g/mol. The summed E-state index contributed by atoms with van der Waals surface area (Å²) in [6.45, 7) is -0.404. The highest BCUT2D eigenvalue weighted by molar-refractivity contribution is 6.27. The number of carboxylic acids is 1. The summed E-state index contributed by atoms with van der Waals surface area (Å²) in [5.41, 5.74) is -0.762. The summed E-state index contributed by atoms with van der Waals surface area (Å²) in [5, 5.41) is 11.4. The molecule has 1 aliphatic heterocycles. The number of imide groups is 1. The van der Waals surface area contributed by atoms with Crippen LogP contribution in [-0.2, 0) is 14.4 Å². The van der Waals surface area contributed by atoms with Gasteiger partial charge < -0.3 is 10.4 Å². The number of fused-ring (bicyclic) bond motifs is 3. The molecule has 4 aliphatic rings. The number of nitrogens with one attached hydrogen (secondary N) is 1. The minimum absolute atomic E-state index is 0.0799. The van der Waals surface area contributed by atoms with E-state index in [2.05, 4.69) is 5.32 Å². The molecule has 25 heavy (non-hydrogen) atoms. The van der Waals surface area contributed by atoms with Crippen molar-refractivity contribution >= 4 is 35.0 Å². The molecule has 0 aromatic heterocycles. The summed E-state index contributed by atoms with van der Waals surface area (Å²) >= 11 is 0. The highest BCUT2D eigenvalue weighted by Crippen LogP contribution is 2.51. The van der Waals surface area contributed by atoms with Gasteiger partial charge in [0, 0.05) is 11.6 Å². The number of amides is 2. The third-order valence-electron chi connectivity index (χ3n) is 5.25. The average Bonchev–Trinajstić information content (AvgIpc) is 2.77. The number of nitrogens with zero attached hydrogens (tertiary/aromatic N) is 1. The zero-order valence-corrected chi connectivity index (χ0v) is 13.1. The molecule has 3 aliphatic carbocycles. The van der Waals surface area contributed by atoms with E-state index in [0.29, 0.717) is 0 Å². The molecule has 2 bridgehead atoms. The van der Waals surface area contributed by atoms with Crippen molar-refractivity contribution in [3.05, 3.63) is 29.3 Å². The number of ketones is 2. The van der Waals surface area contributed by atoms with Crippen LogP contribution in [-0.4, -0.2) is 51.4 Å². The molecule has 2 amide bonds. The highest BCUT2D eigenvalue weighted by atomic mass is 16.4. The molecular formula is C17H14N2O6. The Morgan fingerprint density at radius 1 is 1.20 bits per heavy atom. The van der Waals surface area contributed by atoms with E-state index in [1.165, 1.54) is 12.1 Å². The number of benzene rings is 1. The molecule has 0 radical (unpaired) electrons. The van der Waals surface area contributed by atoms with Crippen LogP contribution in [0.3, 0.4) is 0 Å². The molecule has 0 unspecified atom stereocenters. The van der Waals surface area contributed by atoms with Crippen LogP contribution in [0.15, 0.2) is 18.2 Å². The first kappa shape index (κ1) is 15.5. The lowest BCUT2D eigenvalue weighted by atomic mass is 9.57. The van der Waals surface area contributed by atoms with Crippen LogP contribution in [0.4, 0.5) is 5.69 Å². The zero-order chi connectivity index (χ0) is 17.9. The summed E-state index contributed by atoms with van der Waals surface area (Å²) < 4.78 is 0. The third kappa shape index (κ3) is 1.97. The first-order chi connectivity index (χ1) is 11.8. The largest absolute Gasteiger partial charge is 0.480 e. The van der Waals surface area contributed by atoms with Gasteiger partial charge in [0.1, 0.15) is 17.9 Å². The monoisotopic (exact) mass is 342 g/mol. The Hall–Kier alpha value is -3.03. The van der Waals surface area contributed by atoms with Crippen molar-refractivity contribution in [1.29, 1.82) is 0 Å². The molecule has 0 atom stereocenters. The van der Waals surface area contributed by atoms with Gasteiger partial charge in [-0.2, -0.15) is 0 Å². The van der Waals surface area contributed by atoms with Crippen LogP contribution in [0.25, 0.3) is 0 Å². The van der Waals surface area contributed by atoms with Crippen molar-refractivity contribution in [3.8, 4) is 0 Å². The van der Waals surface area contributed by atoms with E-state index >= 15 is 0 Å². The number of carbonyl (C=O) groups is 5. The Morgan fingerprint density at radius 2 is 1.92 bits per heavy atom. The predicted octanol–water partition coefficient (Wildman–Crippen LogP) is 0.470. The van der Waals surface area contributed by atoms with Crippen molar-refractivity contribution < 1.29 is 29.1 Å². The van der Waals surface area contributed by atoms with Crippen molar-refractivity contribution in [1.82, 2.24) is 4.90 Å². The molecule has 0 spiro atoms. The summed E-state index contributed by atoms with van der Waals surface area (Å²) in [4.78, 5) is 61.6. The molecule has 5 rings (SSSR count). The van der Waals surface area contributed by atoms with Crippen LogP contribution in [0.1, 0.15) is 40.0 Å². The van der Waals surface area contributed by atoms with Gasteiger partial charge in [0.15, 0.2) is 5.78 Å². The number of rotatable bonds is 4. The minimum Gasteiger partial charge on any atom is -0.480 e. The molecule has 3 saturated carbocycles. The second-order valence-electron chi connectivity index (χ2n) is 6.62. The Labute approximate surface area is 141 Å². The molecule has 1 aromatic carbocycles. The normalized spacial score (nSPS) is 27.2. The second-order valence-corrected chi connectivity index (χ2v) is 6.62. The van der Waals surface area contributed by atoms with Gasteiger partial charge in [0.25, 0.3) is 11.8 Å². The zero-order valence-electron chi connectivity index (χ0n) is 13.1.